The van der Waals surface area contributed by atoms with Crippen molar-refractivity contribution in [1.29, 1.82) is 0 Å². The number of nitro benzene ring substituents is 1. The normalized spacial score (nSPS) is 26.1. The van der Waals surface area contributed by atoms with Crippen molar-refractivity contribution < 1.29 is 37.5 Å². The summed E-state index contributed by atoms with van der Waals surface area (Å²) in [6.45, 7) is 1.08. The van der Waals surface area contributed by atoms with Gasteiger partial charge >= 0.3 is 12.1 Å². The fraction of sp³-hybridized carbons (Fsp3) is 0.467. The van der Waals surface area contributed by atoms with E-state index in [0.717, 1.165) is 12.1 Å². The maximum absolute atomic E-state index is 13.5. The first-order chi connectivity index (χ1) is 12.0. The van der Waals surface area contributed by atoms with E-state index < -0.39 is 52.6 Å². The fourth-order valence-electron chi connectivity index (χ4n) is 3.02. The summed E-state index contributed by atoms with van der Waals surface area (Å²) < 4.78 is 45.1. The van der Waals surface area contributed by atoms with Crippen LogP contribution in [0.1, 0.15) is 24.8 Å². The average molecular weight is 376 g/mol. The minimum Gasteiger partial charge on any atom is -0.466 e. The average Bonchev–Trinajstić information content (AvgIpc) is 2.53. The van der Waals surface area contributed by atoms with Crippen LogP contribution in [0.4, 0.5) is 18.9 Å². The number of ether oxygens (including phenoxy) is 1. The number of carbonyl (C=O) groups excluding carboxylic acids is 2. The summed E-state index contributed by atoms with van der Waals surface area (Å²) >= 11 is 0. The molecular formula is C15H15F3N2O6. The van der Waals surface area contributed by atoms with E-state index in [1.807, 2.05) is 0 Å². The summed E-state index contributed by atoms with van der Waals surface area (Å²) in [5.41, 5.74) is -4.75. The van der Waals surface area contributed by atoms with Gasteiger partial charge < -0.3 is 15.2 Å². The zero-order chi connectivity index (χ0) is 19.7. The Balaban J connectivity index is 2.67. The number of aliphatic hydroxyl groups is 1. The molecule has 26 heavy (non-hydrogen) atoms. The molecule has 1 aromatic carbocycles. The highest BCUT2D eigenvalue weighted by atomic mass is 19.4. The Labute approximate surface area is 145 Å². The van der Waals surface area contributed by atoms with Crippen LogP contribution < -0.4 is 5.32 Å². The Kier molecular flexibility index (Phi) is 5.21. The van der Waals surface area contributed by atoms with Gasteiger partial charge in [0.25, 0.3) is 5.69 Å². The minimum atomic E-state index is -5.41. The third-order valence-electron chi connectivity index (χ3n) is 4.09. The maximum atomic E-state index is 13.5. The molecule has 1 saturated heterocycles. The van der Waals surface area contributed by atoms with Crippen LogP contribution >= 0.6 is 0 Å². The van der Waals surface area contributed by atoms with Crippen molar-refractivity contribution in [2.75, 3.05) is 6.61 Å². The monoisotopic (exact) mass is 376 g/mol. The molecule has 2 N–H and O–H groups in total. The number of amides is 1. The van der Waals surface area contributed by atoms with E-state index in [4.69, 9.17) is 0 Å². The number of nitro groups is 1. The number of nitrogens with one attached hydrogen (secondary N) is 1. The highest BCUT2D eigenvalue weighted by Crippen LogP contribution is 2.47. The molecule has 1 amide bonds. The molecule has 1 aliphatic heterocycles. The van der Waals surface area contributed by atoms with Gasteiger partial charge in [-0.3, -0.25) is 19.7 Å². The summed E-state index contributed by atoms with van der Waals surface area (Å²) in [5, 5.41) is 22.8. The van der Waals surface area contributed by atoms with Gasteiger partial charge in [0.1, 0.15) is 5.92 Å². The van der Waals surface area contributed by atoms with Crippen molar-refractivity contribution >= 4 is 17.6 Å². The SMILES string of the molecule is CCOC(=O)C1C(c2ccccc2[N+](=O)[O-])CC(=O)NC1(O)C(F)(F)F. The Morgan fingerprint density at radius 1 is 1.46 bits per heavy atom. The van der Waals surface area contributed by atoms with Crippen molar-refractivity contribution in [2.24, 2.45) is 5.92 Å². The summed E-state index contributed by atoms with van der Waals surface area (Å²) in [4.78, 5) is 34.4. The highest BCUT2D eigenvalue weighted by Gasteiger charge is 2.67. The second kappa shape index (κ2) is 6.90. The zero-order valence-electron chi connectivity index (χ0n) is 13.4. The number of benzene rings is 1. The molecule has 1 aliphatic rings. The van der Waals surface area contributed by atoms with Gasteiger partial charge in [-0.15, -0.1) is 0 Å². The lowest BCUT2D eigenvalue weighted by Gasteiger charge is -2.43. The van der Waals surface area contributed by atoms with Gasteiger partial charge in [-0.1, -0.05) is 18.2 Å². The Hall–Kier alpha value is -2.69. The lowest BCUT2D eigenvalue weighted by molar-refractivity contribution is -0.386. The first-order valence-corrected chi connectivity index (χ1v) is 7.53. The molecule has 0 aliphatic carbocycles. The number of nitrogens with zero attached hydrogens (tertiary/aromatic N) is 1. The van der Waals surface area contributed by atoms with Crippen molar-refractivity contribution in [3.8, 4) is 0 Å². The lowest BCUT2D eigenvalue weighted by atomic mass is 9.73. The number of hydrogen-bond donors (Lipinski definition) is 2. The van der Waals surface area contributed by atoms with Gasteiger partial charge in [-0.05, 0) is 6.92 Å². The number of piperidine rings is 1. The second-order valence-corrected chi connectivity index (χ2v) is 5.67. The first kappa shape index (κ1) is 19.6. The third-order valence-corrected chi connectivity index (χ3v) is 4.09. The fourth-order valence-corrected chi connectivity index (χ4v) is 3.02. The number of rotatable bonds is 4. The predicted molar refractivity (Wildman–Crippen MR) is 79.7 cm³/mol. The number of para-hydroxylation sites is 1. The molecule has 0 radical (unpaired) electrons. The van der Waals surface area contributed by atoms with E-state index in [1.54, 1.807) is 0 Å². The van der Waals surface area contributed by atoms with Crippen molar-refractivity contribution in [2.45, 2.75) is 31.2 Å². The molecule has 1 aromatic rings. The second-order valence-electron chi connectivity index (χ2n) is 5.67. The van der Waals surface area contributed by atoms with Crippen molar-refractivity contribution in [1.82, 2.24) is 5.32 Å². The number of carbonyl (C=O) groups is 2. The molecule has 3 unspecified atom stereocenters. The summed E-state index contributed by atoms with van der Waals surface area (Å²) in [7, 11) is 0. The molecule has 0 bridgehead atoms. The van der Waals surface area contributed by atoms with E-state index >= 15 is 0 Å². The molecule has 2 rings (SSSR count). The van der Waals surface area contributed by atoms with E-state index in [9.17, 15) is 38.0 Å². The van der Waals surface area contributed by atoms with Gasteiger partial charge in [0.15, 0.2) is 0 Å². The summed E-state index contributed by atoms with van der Waals surface area (Å²) in [5.74, 6) is -6.53. The molecule has 1 heterocycles. The van der Waals surface area contributed by atoms with Crippen LogP contribution in [0.5, 0.6) is 0 Å². The number of hydrogen-bond acceptors (Lipinski definition) is 6. The van der Waals surface area contributed by atoms with Crippen LogP contribution in [0.3, 0.4) is 0 Å². The molecule has 1 fully saturated rings. The zero-order valence-corrected chi connectivity index (χ0v) is 13.4. The Morgan fingerprint density at radius 3 is 2.62 bits per heavy atom. The largest absolute Gasteiger partial charge is 0.466 e. The van der Waals surface area contributed by atoms with Crippen LogP contribution in [-0.4, -0.2) is 40.4 Å². The number of halogens is 3. The van der Waals surface area contributed by atoms with Crippen LogP contribution in [0.15, 0.2) is 24.3 Å². The first-order valence-electron chi connectivity index (χ1n) is 7.53. The molecule has 3 atom stereocenters. The smallest absolute Gasteiger partial charge is 0.437 e. The summed E-state index contributed by atoms with van der Waals surface area (Å²) in [6, 6.07) is 4.80. The quantitative estimate of drug-likeness (QED) is 0.468. The number of esters is 1. The third kappa shape index (κ3) is 3.34. The molecule has 11 heteroatoms. The van der Waals surface area contributed by atoms with Crippen LogP contribution in [0, 0.1) is 16.0 Å². The maximum Gasteiger partial charge on any atom is 0.437 e. The van der Waals surface area contributed by atoms with E-state index in [0.29, 0.717) is 0 Å². The van der Waals surface area contributed by atoms with Gasteiger partial charge in [0, 0.05) is 24.0 Å². The van der Waals surface area contributed by atoms with Gasteiger partial charge in [0.2, 0.25) is 11.6 Å². The van der Waals surface area contributed by atoms with Crippen molar-refractivity contribution in [3.63, 3.8) is 0 Å². The van der Waals surface area contributed by atoms with Gasteiger partial charge in [-0.2, -0.15) is 13.2 Å². The van der Waals surface area contributed by atoms with E-state index in [1.165, 1.54) is 24.4 Å². The highest BCUT2D eigenvalue weighted by molar-refractivity contribution is 5.85. The molecule has 0 aromatic heterocycles. The van der Waals surface area contributed by atoms with Crippen molar-refractivity contribution in [3.05, 3.63) is 39.9 Å². The molecular weight excluding hydrogens is 361 g/mol. The standard InChI is InChI=1S/C15H15F3N2O6/c1-2-26-13(22)12-9(8-5-3-4-6-10(8)20(24)25)7-11(21)19-14(12,23)15(16,17)18/h3-6,9,12,23H,2,7H2,1H3,(H,19,21). The predicted octanol–water partition coefficient (Wildman–Crippen LogP) is 1.63. The molecule has 142 valence electrons. The molecule has 0 spiro atoms. The summed E-state index contributed by atoms with van der Waals surface area (Å²) in [6.07, 6.45) is -6.07. The Bertz CT molecular complexity index is 738. The number of alkyl halides is 3. The van der Waals surface area contributed by atoms with Gasteiger partial charge in [0.05, 0.1) is 11.5 Å². The van der Waals surface area contributed by atoms with Crippen LogP contribution in [0.2, 0.25) is 0 Å². The van der Waals surface area contributed by atoms with E-state index in [2.05, 4.69) is 4.74 Å². The minimum absolute atomic E-state index is 0.270. The van der Waals surface area contributed by atoms with Gasteiger partial charge in [-0.25, -0.2) is 0 Å². The van der Waals surface area contributed by atoms with Crippen LogP contribution in [-0.2, 0) is 14.3 Å². The topological polar surface area (TPSA) is 119 Å². The van der Waals surface area contributed by atoms with Crippen LogP contribution in [0.25, 0.3) is 0 Å². The lowest BCUT2D eigenvalue weighted by Crippen LogP contribution is -2.69. The Morgan fingerprint density at radius 2 is 2.08 bits per heavy atom. The molecule has 0 saturated carbocycles. The molecule has 8 nitrogen and oxygen atoms in total. The van der Waals surface area contributed by atoms with E-state index in [-0.39, 0.29) is 12.2 Å².